The second-order valence-electron chi connectivity index (χ2n) is 4.77. The summed E-state index contributed by atoms with van der Waals surface area (Å²) in [6.45, 7) is -0.0599. The molecule has 0 fully saturated rings. The molecule has 0 unspecified atom stereocenters. The van der Waals surface area contributed by atoms with Gasteiger partial charge in [-0.2, -0.15) is 9.61 Å². The van der Waals surface area contributed by atoms with Crippen molar-refractivity contribution in [2.24, 2.45) is 0 Å². The van der Waals surface area contributed by atoms with Gasteiger partial charge < -0.3 is 4.52 Å². The number of hydrogen-bond donors (Lipinski definition) is 1. The average molecular weight is 362 g/mol. The number of fused-ring (bicyclic) bond motifs is 1. The van der Waals surface area contributed by atoms with E-state index < -0.39 is 10.0 Å². The summed E-state index contributed by atoms with van der Waals surface area (Å²) in [5.41, 5.74) is 1.30. The molecule has 4 heterocycles. The summed E-state index contributed by atoms with van der Waals surface area (Å²) in [7, 11) is -3.73. The molecule has 0 radical (unpaired) electrons. The minimum Gasteiger partial charge on any atom is -0.363 e. The van der Waals surface area contributed by atoms with Crippen LogP contribution in [0.3, 0.4) is 0 Å². The van der Waals surface area contributed by atoms with Gasteiger partial charge in [0.05, 0.1) is 17.6 Å². The van der Waals surface area contributed by atoms with Gasteiger partial charge in [-0.15, -0.1) is 21.5 Å². The predicted octanol–water partition coefficient (Wildman–Crippen LogP) is 1.32. The number of hydrogen-bond acceptors (Lipinski definition) is 8. The van der Waals surface area contributed by atoms with E-state index in [2.05, 4.69) is 29.7 Å². The minimum absolute atomic E-state index is 0.0523. The maximum atomic E-state index is 12.1. The van der Waals surface area contributed by atoms with Crippen LogP contribution in [0.4, 0.5) is 0 Å². The van der Waals surface area contributed by atoms with Crippen molar-refractivity contribution in [1.29, 1.82) is 0 Å². The Bertz CT molecular complexity index is 1070. The number of nitrogens with one attached hydrogen (secondary N) is 1. The Kier molecular flexibility index (Phi) is 3.59. The molecule has 4 aromatic heterocycles. The molecule has 24 heavy (non-hydrogen) atoms. The summed E-state index contributed by atoms with van der Waals surface area (Å²) in [5, 5.41) is 17.8. The number of aromatic nitrogens is 5. The van der Waals surface area contributed by atoms with Crippen molar-refractivity contribution in [3.63, 3.8) is 0 Å². The quantitative estimate of drug-likeness (QED) is 0.569. The lowest BCUT2D eigenvalue weighted by Gasteiger charge is -2.03. The van der Waals surface area contributed by atoms with E-state index in [0.717, 1.165) is 23.0 Å². The SMILES string of the molecule is O=S(=O)(NCc1nnc2ccc(-c3cccs3)nn12)c1cnoc1. The second kappa shape index (κ2) is 5.78. The number of sulfonamides is 1. The van der Waals surface area contributed by atoms with Crippen LogP contribution in [-0.4, -0.2) is 33.4 Å². The smallest absolute Gasteiger partial charge is 0.245 e. The molecule has 0 aromatic carbocycles. The van der Waals surface area contributed by atoms with Gasteiger partial charge in [-0.05, 0) is 23.6 Å². The van der Waals surface area contributed by atoms with E-state index in [1.54, 1.807) is 17.4 Å². The lowest BCUT2D eigenvalue weighted by molar-refractivity contribution is 0.417. The van der Waals surface area contributed by atoms with Crippen LogP contribution in [0.1, 0.15) is 5.82 Å². The molecule has 0 atom stereocenters. The number of thiophene rings is 1. The summed E-state index contributed by atoms with van der Waals surface area (Å²) in [5.74, 6) is 0.378. The first kappa shape index (κ1) is 14.9. The molecule has 0 bridgehead atoms. The van der Waals surface area contributed by atoms with Crippen molar-refractivity contribution < 1.29 is 12.9 Å². The zero-order valence-electron chi connectivity index (χ0n) is 12.0. The van der Waals surface area contributed by atoms with Crippen LogP contribution >= 0.6 is 11.3 Å². The molecule has 9 nitrogen and oxygen atoms in total. The maximum absolute atomic E-state index is 12.1. The molecular formula is C13H10N6O3S2. The van der Waals surface area contributed by atoms with Gasteiger partial charge in [0.2, 0.25) is 10.0 Å². The van der Waals surface area contributed by atoms with Gasteiger partial charge in [-0.3, -0.25) is 0 Å². The molecule has 0 amide bonds. The fourth-order valence-corrected chi connectivity index (χ4v) is 3.60. The first-order chi connectivity index (χ1) is 11.6. The molecule has 0 saturated carbocycles. The summed E-state index contributed by atoms with van der Waals surface area (Å²) in [6, 6.07) is 7.53. The summed E-state index contributed by atoms with van der Waals surface area (Å²) in [6.07, 6.45) is 2.18. The summed E-state index contributed by atoms with van der Waals surface area (Å²) < 4.78 is 32.7. The van der Waals surface area contributed by atoms with Gasteiger partial charge >= 0.3 is 0 Å². The van der Waals surface area contributed by atoms with Crippen molar-refractivity contribution in [3.8, 4) is 10.6 Å². The van der Waals surface area contributed by atoms with E-state index in [1.807, 2.05) is 23.6 Å². The van der Waals surface area contributed by atoms with Crippen molar-refractivity contribution >= 4 is 27.0 Å². The Labute approximate surface area is 140 Å². The largest absolute Gasteiger partial charge is 0.363 e. The van der Waals surface area contributed by atoms with Crippen molar-refractivity contribution in [2.45, 2.75) is 11.4 Å². The van der Waals surface area contributed by atoms with Crippen LogP contribution in [0.15, 0.2) is 51.5 Å². The molecule has 1 N–H and O–H groups in total. The highest BCUT2D eigenvalue weighted by atomic mass is 32.2. The molecule has 0 aliphatic carbocycles. The second-order valence-corrected chi connectivity index (χ2v) is 7.48. The maximum Gasteiger partial charge on any atom is 0.245 e. The lowest BCUT2D eigenvalue weighted by atomic mass is 10.3. The van der Waals surface area contributed by atoms with Crippen LogP contribution in [0, 0.1) is 0 Å². The third-order valence-electron chi connectivity index (χ3n) is 3.24. The topological polar surface area (TPSA) is 115 Å². The normalized spacial score (nSPS) is 12.0. The first-order valence-corrected chi connectivity index (χ1v) is 9.14. The Morgan fingerprint density at radius 3 is 2.92 bits per heavy atom. The minimum atomic E-state index is -3.73. The van der Waals surface area contributed by atoms with E-state index in [9.17, 15) is 8.42 Å². The third kappa shape index (κ3) is 2.68. The zero-order valence-corrected chi connectivity index (χ0v) is 13.7. The molecule has 0 aliphatic heterocycles. The highest BCUT2D eigenvalue weighted by Crippen LogP contribution is 2.22. The Morgan fingerprint density at radius 1 is 1.25 bits per heavy atom. The van der Waals surface area contributed by atoms with Crippen molar-refractivity contribution in [3.05, 3.63) is 47.9 Å². The lowest BCUT2D eigenvalue weighted by Crippen LogP contribution is -2.24. The van der Waals surface area contributed by atoms with Crippen LogP contribution in [0.25, 0.3) is 16.2 Å². The van der Waals surface area contributed by atoms with Gasteiger partial charge in [0.25, 0.3) is 0 Å². The van der Waals surface area contributed by atoms with Crippen molar-refractivity contribution in [1.82, 2.24) is 29.7 Å². The van der Waals surface area contributed by atoms with E-state index in [4.69, 9.17) is 0 Å². The van der Waals surface area contributed by atoms with Gasteiger partial charge in [-0.25, -0.2) is 13.1 Å². The fourth-order valence-electron chi connectivity index (χ4n) is 2.07. The van der Waals surface area contributed by atoms with Gasteiger partial charge in [0.1, 0.15) is 16.9 Å². The summed E-state index contributed by atoms with van der Waals surface area (Å²) in [4.78, 5) is 0.949. The molecule has 4 aromatic rings. The number of nitrogens with zero attached hydrogens (tertiary/aromatic N) is 5. The Morgan fingerprint density at radius 2 is 2.17 bits per heavy atom. The third-order valence-corrected chi connectivity index (χ3v) is 5.48. The van der Waals surface area contributed by atoms with E-state index in [1.165, 1.54) is 4.52 Å². The van der Waals surface area contributed by atoms with Gasteiger partial charge in [0, 0.05) is 0 Å². The standard InChI is InChI=1S/C13H10N6O3S2/c20-24(21,9-6-14-22-8-9)15-7-13-17-16-12-4-3-10(18-19(12)13)11-2-1-5-23-11/h1-6,8,15H,7H2. The van der Waals surface area contributed by atoms with E-state index >= 15 is 0 Å². The van der Waals surface area contributed by atoms with Crippen LogP contribution in [0.2, 0.25) is 0 Å². The van der Waals surface area contributed by atoms with E-state index in [-0.39, 0.29) is 11.4 Å². The Balaban J connectivity index is 1.64. The number of rotatable bonds is 5. The monoisotopic (exact) mass is 362 g/mol. The molecule has 11 heteroatoms. The highest BCUT2D eigenvalue weighted by Gasteiger charge is 2.18. The molecule has 0 spiro atoms. The first-order valence-electron chi connectivity index (χ1n) is 6.78. The van der Waals surface area contributed by atoms with E-state index in [0.29, 0.717) is 11.5 Å². The average Bonchev–Trinajstić information content (AvgIpc) is 3.33. The van der Waals surface area contributed by atoms with Crippen LogP contribution in [-0.2, 0) is 16.6 Å². The van der Waals surface area contributed by atoms with Gasteiger partial charge in [0.15, 0.2) is 11.5 Å². The molecular weight excluding hydrogens is 352 g/mol. The highest BCUT2D eigenvalue weighted by molar-refractivity contribution is 7.89. The van der Waals surface area contributed by atoms with Crippen LogP contribution in [0.5, 0.6) is 0 Å². The Hall–Kier alpha value is -2.63. The molecule has 122 valence electrons. The predicted molar refractivity (Wildman–Crippen MR) is 84.6 cm³/mol. The van der Waals surface area contributed by atoms with Crippen molar-refractivity contribution in [2.75, 3.05) is 0 Å². The van der Waals surface area contributed by atoms with Crippen LogP contribution < -0.4 is 4.72 Å². The zero-order chi connectivity index (χ0) is 16.6. The molecule has 0 saturated heterocycles. The molecule has 4 rings (SSSR count). The fraction of sp³-hybridized carbons (Fsp3) is 0.0769. The van der Waals surface area contributed by atoms with Gasteiger partial charge in [-0.1, -0.05) is 11.2 Å². The molecule has 0 aliphatic rings. The summed E-state index contributed by atoms with van der Waals surface area (Å²) >= 11 is 1.56.